The van der Waals surface area contributed by atoms with Crippen LogP contribution in [0.3, 0.4) is 0 Å². The maximum atomic E-state index is 13.8. The third kappa shape index (κ3) is 3.51. The number of nitrogens with one attached hydrogen (secondary N) is 2. The Morgan fingerprint density at radius 3 is 2.68 bits per heavy atom. The van der Waals surface area contributed by atoms with Crippen molar-refractivity contribution >= 4 is 5.97 Å². The Morgan fingerprint density at radius 2 is 1.97 bits per heavy atom. The molecule has 5 unspecified atom stereocenters. The Hall–Kier alpha value is -2.48. The van der Waals surface area contributed by atoms with Gasteiger partial charge in [-0.3, -0.25) is 10.1 Å². The number of ether oxygens (including phenoxy) is 2. The summed E-state index contributed by atoms with van der Waals surface area (Å²) in [5.41, 5.74) is 4.16. The van der Waals surface area contributed by atoms with Crippen molar-refractivity contribution in [1.82, 2.24) is 10.3 Å². The molecular formula is C31H40N2O5. The van der Waals surface area contributed by atoms with E-state index in [0.717, 1.165) is 29.7 Å². The molecule has 0 amide bonds. The molecule has 2 fully saturated rings. The number of allylic oxidation sites excluding steroid dienone is 3. The lowest BCUT2D eigenvalue weighted by molar-refractivity contribution is -0.149. The SMILES string of the molecule is C/C=C1\[C@H]2C=C(C)C[C@]1(NC1OC(=O)C3=C4CC(C)(C)CC4C(C)C(O)CC31OC)c1ccc(=O)[nH]c1C2. The Kier molecular flexibility index (Phi) is 5.77. The summed E-state index contributed by atoms with van der Waals surface area (Å²) in [7, 11) is 1.63. The maximum Gasteiger partial charge on any atom is 0.338 e. The molecular weight excluding hydrogens is 480 g/mol. The van der Waals surface area contributed by atoms with Crippen LogP contribution in [0, 0.1) is 23.2 Å². The van der Waals surface area contributed by atoms with E-state index >= 15 is 0 Å². The van der Waals surface area contributed by atoms with E-state index < -0.39 is 23.5 Å². The van der Waals surface area contributed by atoms with Gasteiger partial charge in [-0.2, -0.15) is 0 Å². The molecule has 7 nitrogen and oxygen atoms in total. The van der Waals surface area contributed by atoms with Crippen LogP contribution in [-0.4, -0.2) is 41.1 Å². The van der Waals surface area contributed by atoms with Crippen LogP contribution in [0.15, 0.2) is 51.4 Å². The molecule has 2 heterocycles. The van der Waals surface area contributed by atoms with Gasteiger partial charge >= 0.3 is 5.97 Å². The molecule has 0 spiro atoms. The smallest absolute Gasteiger partial charge is 0.338 e. The number of esters is 1. The highest BCUT2D eigenvalue weighted by Gasteiger charge is 2.63. The van der Waals surface area contributed by atoms with E-state index in [1.807, 2.05) is 13.0 Å². The molecule has 5 aliphatic rings. The van der Waals surface area contributed by atoms with Crippen LogP contribution >= 0.6 is 0 Å². The van der Waals surface area contributed by atoms with Crippen LogP contribution < -0.4 is 10.9 Å². The van der Waals surface area contributed by atoms with Crippen molar-refractivity contribution in [3.05, 3.63) is 68.2 Å². The van der Waals surface area contributed by atoms with Gasteiger partial charge in [-0.05, 0) is 74.0 Å². The van der Waals surface area contributed by atoms with Gasteiger partial charge in [-0.1, -0.05) is 44.1 Å². The van der Waals surface area contributed by atoms with E-state index in [-0.39, 0.29) is 41.1 Å². The Labute approximate surface area is 224 Å². The molecule has 1 aliphatic heterocycles. The largest absolute Gasteiger partial charge is 0.440 e. The van der Waals surface area contributed by atoms with Crippen molar-refractivity contribution in [2.24, 2.45) is 23.2 Å². The van der Waals surface area contributed by atoms with Crippen LogP contribution in [0.25, 0.3) is 0 Å². The fourth-order valence-electron chi connectivity index (χ4n) is 8.54. The monoisotopic (exact) mass is 520 g/mol. The summed E-state index contributed by atoms with van der Waals surface area (Å²) in [4.78, 5) is 29.1. The summed E-state index contributed by atoms with van der Waals surface area (Å²) < 4.78 is 12.5. The summed E-state index contributed by atoms with van der Waals surface area (Å²) in [6, 6.07) is 3.49. The third-order valence-electron chi connectivity index (χ3n) is 10.1. The number of hydrogen-bond donors (Lipinski definition) is 3. The maximum absolute atomic E-state index is 13.8. The molecule has 2 bridgehead atoms. The summed E-state index contributed by atoms with van der Waals surface area (Å²) in [6.07, 6.45) is 6.38. The third-order valence-corrected chi connectivity index (χ3v) is 10.1. The molecule has 1 saturated heterocycles. The predicted molar refractivity (Wildman–Crippen MR) is 144 cm³/mol. The minimum absolute atomic E-state index is 0.0133. The molecule has 204 valence electrons. The lowest BCUT2D eigenvalue weighted by Crippen LogP contribution is -2.61. The second-order valence-corrected chi connectivity index (χ2v) is 13.1. The molecule has 1 saturated carbocycles. The van der Waals surface area contributed by atoms with Crippen LogP contribution in [-0.2, 0) is 26.2 Å². The van der Waals surface area contributed by atoms with Crippen LogP contribution in [0.5, 0.6) is 0 Å². The van der Waals surface area contributed by atoms with Gasteiger partial charge in [0.2, 0.25) is 5.56 Å². The van der Waals surface area contributed by atoms with E-state index in [2.05, 4.69) is 50.1 Å². The van der Waals surface area contributed by atoms with Gasteiger partial charge in [0.15, 0.2) is 11.8 Å². The molecule has 4 aliphatic carbocycles. The number of aliphatic hydroxyl groups is 1. The van der Waals surface area contributed by atoms with Crippen LogP contribution in [0.4, 0.5) is 0 Å². The van der Waals surface area contributed by atoms with E-state index in [4.69, 9.17) is 9.47 Å². The molecule has 1 aromatic rings. The number of cyclic esters (lactones) is 1. The van der Waals surface area contributed by atoms with Crippen molar-refractivity contribution in [2.75, 3.05) is 7.11 Å². The van der Waals surface area contributed by atoms with Crippen molar-refractivity contribution in [3.8, 4) is 0 Å². The lowest BCUT2D eigenvalue weighted by Gasteiger charge is -2.50. The first-order valence-corrected chi connectivity index (χ1v) is 14.0. The first-order chi connectivity index (χ1) is 17.9. The highest BCUT2D eigenvalue weighted by molar-refractivity contribution is 5.95. The zero-order valence-corrected chi connectivity index (χ0v) is 23.3. The molecule has 3 N–H and O–H groups in total. The topological polar surface area (TPSA) is 101 Å². The van der Waals surface area contributed by atoms with Crippen LogP contribution in [0.1, 0.15) is 71.6 Å². The fraction of sp³-hybridized carbons (Fsp3) is 0.613. The molecule has 6 rings (SSSR count). The summed E-state index contributed by atoms with van der Waals surface area (Å²) in [5.74, 6) is -0.0921. The number of H-pyrrole nitrogens is 1. The highest BCUT2D eigenvalue weighted by atomic mass is 16.6. The fourth-order valence-corrected chi connectivity index (χ4v) is 8.54. The lowest BCUT2D eigenvalue weighted by atomic mass is 9.62. The molecule has 38 heavy (non-hydrogen) atoms. The first-order valence-electron chi connectivity index (χ1n) is 14.0. The van der Waals surface area contributed by atoms with Gasteiger partial charge in [0.25, 0.3) is 0 Å². The number of fused-ring (bicyclic) bond motifs is 6. The summed E-state index contributed by atoms with van der Waals surface area (Å²) in [6.45, 7) is 10.7. The Balaban J connectivity index is 1.53. The number of methoxy groups -OCH3 is 1. The van der Waals surface area contributed by atoms with Gasteiger partial charge in [-0.15, -0.1) is 0 Å². The number of aromatic nitrogens is 1. The number of aliphatic hydroxyl groups excluding tert-OH is 1. The van der Waals surface area contributed by atoms with E-state index in [0.29, 0.717) is 18.4 Å². The number of carbonyl (C=O) groups is 1. The van der Waals surface area contributed by atoms with Gasteiger partial charge in [0.05, 0.1) is 17.2 Å². The minimum Gasteiger partial charge on any atom is -0.440 e. The second kappa shape index (κ2) is 8.51. The van der Waals surface area contributed by atoms with E-state index in [9.17, 15) is 14.7 Å². The Morgan fingerprint density at radius 1 is 1.21 bits per heavy atom. The van der Waals surface area contributed by atoms with E-state index in [1.54, 1.807) is 13.2 Å². The quantitative estimate of drug-likeness (QED) is 0.411. The number of aromatic amines is 1. The minimum atomic E-state index is -1.12. The van der Waals surface area contributed by atoms with Crippen molar-refractivity contribution in [1.29, 1.82) is 0 Å². The van der Waals surface area contributed by atoms with Gasteiger partial charge < -0.3 is 19.6 Å². The summed E-state index contributed by atoms with van der Waals surface area (Å²) >= 11 is 0. The zero-order chi connectivity index (χ0) is 27.2. The first kappa shape index (κ1) is 25.8. The highest BCUT2D eigenvalue weighted by Crippen LogP contribution is 2.57. The molecule has 0 radical (unpaired) electrons. The predicted octanol–water partition coefficient (Wildman–Crippen LogP) is 4.03. The number of hydrogen-bond acceptors (Lipinski definition) is 6. The van der Waals surface area contributed by atoms with Crippen molar-refractivity contribution < 1.29 is 19.4 Å². The molecule has 7 heteroatoms. The zero-order valence-electron chi connectivity index (χ0n) is 23.3. The van der Waals surface area contributed by atoms with E-state index in [1.165, 1.54) is 11.1 Å². The average molecular weight is 521 g/mol. The van der Waals surface area contributed by atoms with Gasteiger partial charge in [0.1, 0.15) is 0 Å². The molecule has 0 aromatic carbocycles. The number of carbonyl (C=O) groups excluding carboxylic acids is 1. The number of pyridine rings is 1. The second-order valence-electron chi connectivity index (χ2n) is 13.1. The number of rotatable bonds is 3. The standard InChI is InChI=1S/C31H40N2O5/c1-7-21-18-10-16(2)12-30(21,22-8-9-25(35)32-23(22)11-18)33-28-31(37-6)15-24(34)17(3)19-13-29(4,5)14-20(19)26(31)27(36)38-28/h7-10,17-19,24,28,33-34H,11-15H2,1-6H3,(H,32,35)/b21-7+/t17?,18-,19?,24?,28?,30+,31?/m0/s1. The Bertz CT molecular complexity index is 1350. The van der Waals surface area contributed by atoms with Crippen LogP contribution in [0.2, 0.25) is 0 Å². The average Bonchev–Trinajstić information content (AvgIpc) is 3.26. The summed E-state index contributed by atoms with van der Waals surface area (Å²) in [5, 5.41) is 15.3. The van der Waals surface area contributed by atoms with Crippen molar-refractivity contribution in [3.63, 3.8) is 0 Å². The van der Waals surface area contributed by atoms with Gasteiger partial charge in [0, 0.05) is 31.2 Å². The molecule has 7 atom stereocenters. The molecule has 1 aromatic heterocycles. The van der Waals surface area contributed by atoms with Crippen molar-refractivity contribution in [2.45, 2.75) is 90.2 Å². The normalized spacial score (nSPS) is 40.3. The van der Waals surface area contributed by atoms with Gasteiger partial charge in [-0.25, -0.2) is 4.79 Å².